The van der Waals surface area contributed by atoms with E-state index in [1.165, 1.54) is 11.1 Å². The maximum atomic E-state index is 12.3. The number of amides is 1. The Morgan fingerprint density at radius 2 is 1.89 bits per heavy atom. The quantitative estimate of drug-likeness (QED) is 0.622. The van der Waals surface area contributed by atoms with Crippen LogP contribution in [0.5, 0.6) is 11.5 Å². The predicted octanol–water partition coefficient (Wildman–Crippen LogP) is 4.61. The summed E-state index contributed by atoms with van der Waals surface area (Å²) in [6.07, 6.45) is 2.19. The highest BCUT2D eigenvalue weighted by molar-refractivity contribution is 5.80. The standard InChI is InChI=1S/C23H31NO3/c1-5-15-26-22-11-7-6-9-20(22)10-8-14-24-23(25)19(4)27-21-13-12-17(2)18(3)16-21/h6-7,9,11-13,16,19H,5,8,10,14-15H2,1-4H3,(H,24,25)/t19-/m1/s1. The Kier molecular flexibility index (Phi) is 8.18. The van der Waals surface area contributed by atoms with Gasteiger partial charge >= 0.3 is 0 Å². The zero-order valence-corrected chi connectivity index (χ0v) is 16.9. The van der Waals surface area contributed by atoms with Crippen molar-refractivity contribution in [3.05, 3.63) is 59.2 Å². The monoisotopic (exact) mass is 369 g/mol. The van der Waals surface area contributed by atoms with Crippen molar-refractivity contribution in [1.29, 1.82) is 0 Å². The Morgan fingerprint density at radius 3 is 2.63 bits per heavy atom. The molecule has 0 radical (unpaired) electrons. The number of rotatable bonds is 10. The molecule has 4 heteroatoms. The zero-order chi connectivity index (χ0) is 19.6. The first-order chi connectivity index (χ1) is 13.0. The molecular weight excluding hydrogens is 338 g/mol. The van der Waals surface area contributed by atoms with E-state index in [2.05, 4.69) is 25.2 Å². The lowest BCUT2D eigenvalue weighted by molar-refractivity contribution is -0.127. The van der Waals surface area contributed by atoms with Gasteiger partial charge in [-0.2, -0.15) is 0 Å². The lowest BCUT2D eigenvalue weighted by atomic mass is 10.1. The topological polar surface area (TPSA) is 47.6 Å². The second kappa shape index (κ2) is 10.6. The van der Waals surface area contributed by atoms with Gasteiger partial charge in [0.15, 0.2) is 6.10 Å². The van der Waals surface area contributed by atoms with Gasteiger partial charge in [0.25, 0.3) is 5.91 Å². The first-order valence-corrected chi connectivity index (χ1v) is 9.73. The van der Waals surface area contributed by atoms with Crippen LogP contribution in [-0.2, 0) is 11.2 Å². The number of aryl methyl sites for hydroxylation is 3. The van der Waals surface area contributed by atoms with Crippen LogP contribution in [0, 0.1) is 13.8 Å². The van der Waals surface area contributed by atoms with Crippen molar-refractivity contribution < 1.29 is 14.3 Å². The summed E-state index contributed by atoms with van der Waals surface area (Å²) >= 11 is 0. The highest BCUT2D eigenvalue weighted by Crippen LogP contribution is 2.20. The summed E-state index contributed by atoms with van der Waals surface area (Å²) in [4.78, 5) is 12.3. The molecule has 0 unspecified atom stereocenters. The normalized spacial score (nSPS) is 11.7. The van der Waals surface area contributed by atoms with Gasteiger partial charge in [-0.25, -0.2) is 0 Å². The molecule has 0 aliphatic rings. The Bertz CT molecular complexity index is 742. The van der Waals surface area contributed by atoms with Crippen molar-refractivity contribution in [3.8, 4) is 11.5 Å². The molecule has 1 N–H and O–H groups in total. The second-order valence-corrected chi connectivity index (χ2v) is 6.86. The maximum Gasteiger partial charge on any atom is 0.260 e. The molecule has 0 aliphatic carbocycles. The van der Waals surface area contributed by atoms with Crippen LogP contribution in [0.2, 0.25) is 0 Å². The van der Waals surface area contributed by atoms with Gasteiger partial charge in [0.2, 0.25) is 0 Å². The highest BCUT2D eigenvalue weighted by atomic mass is 16.5. The molecular formula is C23H31NO3. The van der Waals surface area contributed by atoms with E-state index < -0.39 is 6.10 Å². The smallest absolute Gasteiger partial charge is 0.260 e. The summed E-state index contributed by atoms with van der Waals surface area (Å²) < 4.78 is 11.5. The van der Waals surface area contributed by atoms with Gasteiger partial charge in [-0.1, -0.05) is 31.2 Å². The third-order valence-electron chi connectivity index (χ3n) is 4.52. The molecule has 2 aromatic carbocycles. The molecule has 0 fully saturated rings. The summed E-state index contributed by atoms with van der Waals surface area (Å²) in [5, 5.41) is 2.96. The fourth-order valence-electron chi connectivity index (χ4n) is 2.74. The predicted molar refractivity (Wildman–Crippen MR) is 110 cm³/mol. The first-order valence-electron chi connectivity index (χ1n) is 9.73. The third kappa shape index (κ3) is 6.63. The van der Waals surface area contributed by atoms with Gasteiger partial charge in [-0.3, -0.25) is 4.79 Å². The molecule has 0 saturated carbocycles. The Hall–Kier alpha value is -2.49. The van der Waals surface area contributed by atoms with Gasteiger partial charge in [0, 0.05) is 6.54 Å². The van der Waals surface area contributed by atoms with Gasteiger partial charge in [0.1, 0.15) is 11.5 Å². The molecule has 2 rings (SSSR count). The van der Waals surface area contributed by atoms with E-state index >= 15 is 0 Å². The molecule has 0 saturated heterocycles. The van der Waals surface area contributed by atoms with Gasteiger partial charge < -0.3 is 14.8 Å². The molecule has 0 aliphatic heterocycles. The molecule has 2 aromatic rings. The van der Waals surface area contributed by atoms with Crippen LogP contribution >= 0.6 is 0 Å². The number of carbonyl (C=O) groups excluding carboxylic acids is 1. The molecule has 4 nitrogen and oxygen atoms in total. The summed E-state index contributed by atoms with van der Waals surface area (Å²) in [6.45, 7) is 9.30. The van der Waals surface area contributed by atoms with Crippen molar-refractivity contribution >= 4 is 5.91 Å². The van der Waals surface area contributed by atoms with Crippen LogP contribution in [0.15, 0.2) is 42.5 Å². The van der Waals surface area contributed by atoms with Crippen LogP contribution < -0.4 is 14.8 Å². The van der Waals surface area contributed by atoms with E-state index in [-0.39, 0.29) is 5.91 Å². The second-order valence-electron chi connectivity index (χ2n) is 6.86. The summed E-state index contributed by atoms with van der Waals surface area (Å²) in [5.74, 6) is 1.57. The van der Waals surface area contributed by atoms with E-state index in [4.69, 9.17) is 9.47 Å². The maximum absolute atomic E-state index is 12.3. The zero-order valence-electron chi connectivity index (χ0n) is 16.9. The first kappa shape index (κ1) is 20.8. The van der Waals surface area contributed by atoms with Crippen molar-refractivity contribution in [2.45, 2.75) is 53.1 Å². The largest absolute Gasteiger partial charge is 0.493 e. The van der Waals surface area contributed by atoms with Crippen molar-refractivity contribution in [3.63, 3.8) is 0 Å². The summed E-state index contributed by atoms with van der Waals surface area (Å²) in [6, 6.07) is 14.0. The highest BCUT2D eigenvalue weighted by Gasteiger charge is 2.14. The molecule has 0 aromatic heterocycles. The number of carbonyl (C=O) groups is 1. The molecule has 1 atom stereocenters. The summed E-state index contributed by atoms with van der Waals surface area (Å²) in [5.41, 5.74) is 3.55. The fraction of sp³-hybridized carbons (Fsp3) is 0.435. The number of benzene rings is 2. The summed E-state index contributed by atoms with van der Waals surface area (Å²) in [7, 11) is 0. The average Bonchev–Trinajstić information content (AvgIpc) is 2.67. The molecule has 0 heterocycles. The lowest BCUT2D eigenvalue weighted by Gasteiger charge is -2.16. The Morgan fingerprint density at radius 1 is 1.11 bits per heavy atom. The van der Waals surface area contributed by atoms with Gasteiger partial charge in [0.05, 0.1) is 6.61 Å². The molecule has 0 spiro atoms. The van der Waals surface area contributed by atoms with E-state index in [9.17, 15) is 4.79 Å². The van der Waals surface area contributed by atoms with Gasteiger partial charge in [-0.05, 0) is 74.9 Å². The van der Waals surface area contributed by atoms with Crippen LogP contribution in [0.1, 0.15) is 43.4 Å². The van der Waals surface area contributed by atoms with Crippen LogP contribution in [0.3, 0.4) is 0 Å². The minimum Gasteiger partial charge on any atom is -0.493 e. The Balaban J connectivity index is 1.76. The van der Waals surface area contributed by atoms with Crippen LogP contribution in [0.25, 0.3) is 0 Å². The molecule has 27 heavy (non-hydrogen) atoms. The van der Waals surface area contributed by atoms with E-state index in [0.29, 0.717) is 6.54 Å². The SMILES string of the molecule is CCCOc1ccccc1CCCNC(=O)[C@@H](C)Oc1ccc(C)c(C)c1. The van der Waals surface area contributed by atoms with E-state index in [0.717, 1.165) is 42.9 Å². The molecule has 1 amide bonds. The number of hydrogen-bond acceptors (Lipinski definition) is 3. The molecule has 0 bridgehead atoms. The van der Waals surface area contributed by atoms with Crippen molar-refractivity contribution in [1.82, 2.24) is 5.32 Å². The number of nitrogens with one attached hydrogen (secondary N) is 1. The fourth-order valence-corrected chi connectivity index (χ4v) is 2.74. The van der Waals surface area contributed by atoms with Crippen molar-refractivity contribution in [2.75, 3.05) is 13.2 Å². The van der Waals surface area contributed by atoms with Crippen LogP contribution in [-0.4, -0.2) is 25.2 Å². The molecule has 146 valence electrons. The van der Waals surface area contributed by atoms with Crippen LogP contribution in [0.4, 0.5) is 0 Å². The minimum atomic E-state index is -0.521. The number of ether oxygens (including phenoxy) is 2. The lowest BCUT2D eigenvalue weighted by Crippen LogP contribution is -2.37. The number of hydrogen-bond donors (Lipinski definition) is 1. The average molecular weight is 370 g/mol. The van der Waals surface area contributed by atoms with Crippen molar-refractivity contribution in [2.24, 2.45) is 0 Å². The third-order valence-corrected chi connectivity index (χ3v) is 4.52. The van der Waals surface area contributed by atoms with Gasteiger partial charge in [-0.15, -0.1) is 0 Å². The minimum absolute atomic E-state index is 0.0938. The Labute approximate surface area is 162 Å². The van der Waals surface area contributed by atoms with E-state index in [1.807, 2.05) is 43.3 Å². The number of para-hydroxylation sites is 1. The van der Waals surface area contributed by atoms with E-state index in [1.54, 1.807) is 6.92 Å².